The van der Waals surface area contributed by atoms with E-state index in [1.54, 1.807) is 6.92 Å². The lowest BCUT2D eigenvalue weighted by Gasteiger charge is -2.10. The lowest BCUT2D eigenvalue weighted by molar-refractivity contribution is 0.0581. The second kappa shape index (κ2) is 6.21. The van der Waals surface area contributed by atoms with Crippen LogP contribution in [0.25, 0.3) is 0 Å². The number of anilines is 1. The number of aryl methyl sites for hydroxylation is 1. The van der Waals surface area contributed by atoms with Crippen molar-refractivity contribution in [2.75, 3.05) is 5.73 Å². The Morgan fingerprint density at radius 1 is 1.20 bits per heavy atom. The van der Waals surface area contributed by atoms with Crippen LogP contribution in [0.15, 0.2) is 46.1 Å². The highest BCUT2D eigenvalue weighted by Crippen LogP contribution is 2.00. The third-order valence-corrected chi connectivity index (χ3v) is 2.94. The second-order valence-corrected chi connectivity index (χ2v) is 4.35. The van der Waals surface area contributed by atoms with Crippen molar-refractivity contribution in [1.29, 1.82) is 0 Å². The topological polar surface area (TPSA) is 79.2 Å². The van der Waals surface area contributed by atoms with Crippen molar-refractivity contribution in [1.82, 2.24) is 9.13 Å². The first-order valence-corrected chi connectivity index (χ1v) is 6.35. The van der Waals surface area contributed by atoms with E-state index in [0.717, 1.165) is 10.1 Å². The summed E-state index contributed by atoms with van der Waals surface area (Å²) < 4.78 is 7.80. The molecule has 0 saturated heterocycles. The molecule has 0 aliphatic carbocycles. The van der Waals surface area contributed by atoms with E-state index < -0.39 is 11.2 Å². The molecule has 0 aliphatic heterocycles. The first kappa shape index (κ1) is 14.1. The molecule has 0 amide bonds. The zero-order valence-corrected chi connectivity index (χ0v) is 11.3. The Hall–Kier alpha value is -2.34. The third-order valence-electron chi connectivity index (χ3n) is 2.94. The Labute approximate surface area is 116 Å². The lowest BCUT2D eigenvalue weighted by Crippen LogP contribution is -2.41. The fourth-order valence-corrected chi connectivity index (χ4v) is 1.85. The minimum Gasteiger partial charge on any atom is -0.393 e. The largest absolute Gasteiger partial charge is 0.393 e. The maximum Gasteiger partial charge on any atom is 0.333 e. The summed E-state index contributed by atoms with van der Waals surface area (Å²) in [6.07, 6.45) is 1.36. The Kier molecular flexibility index (Phi) is 4.37. The number of benzene rings is 1. The average Bonchev–Trinajstić information content (AvgIpc) is 2.47. The van der Waals surface area contributed by atoms with Gasteiger partial charge < -0.3 is 10.5 Å². The van der Waals surface area contributed by atoms with Gasteiger partial charge in [0.2, 0.25) is 0 Å². The first-order chi connectivity index (χ1) is 9.63. The van der Waals surface area contributed by atoms with Crippen LogP contribution in [-0.4, -0.2) is 9.13 Å². The van der Waals surface area contributed by atoms with Crippen LogP contribution < -0.4 is 17.0 Å². The van der Waals surface area contributed by atoms with Gasteiger partial charge in [0.1, 0.15) is 12.4 Å². The van der Waals surface area contributed by atoms with E-state index in [1.807, 2.05) is 30.3 Å². The van der Waals surface area contributed by atoms with E-state index in [0.29, 0.717) is 13.2 Å². The van der Waals surface area contributed by atoms with Gasteiger partial charge in [-0.05, 0) is 12.5 Å². The molecule has 20 heavy (non-hydrogen) atoms. The fourth-order valence-electron chi connectivity index (χ4n) is 1.85. The van der Waals surface area contributed by atoms with Crippen molar-refractivity contribution in [3.05, 3.63) is 62.9 Å². The minimum atomic E-state index is -0.521. The van der Waals surface area contributed by atoms with Gasteiger partial charge in [-0.3, -0.25) is 9.36 Å². The van der Waals surface area contributed by atoms with Crippen molar-refractivity contribution >= 4 is 5.69 Å². The number of nitrogens with zero attached hydrogens (tertiary/aromatic N) is 2. The summed E-state index contributed by atoms with van der Waals surface area (Å²) in [6, 6.07) is 9.52. The lowest BCUT2D eigenvalue weighted by atomic mass is 10.2. The summed E-state index contributed by atoms with van der Waals surface area (Å²) in [6.45, 7) is 2.47. The van der Waals surface area contributed by atoms with Crippen molar-refractivity contribution in [2.45, 2.75) is 26.8 Å². The monoisotopic (exact) mass is 275 g/mol. The molecule has 2 rings (SSSR count). The Morgan fingerprint density at radius 2 is 1.90 bits per heavy atom. The number of aromatic nitrogens is 2. The van der Waals surface area contributed by atoms with Crippen LogP contribution >= 0.6 is 0 Å². The summed E-state index contributed by atoms with van der Waals surface area (Å²) in [4.78, 5) is 23.9. The predicted octanol–water partition coefficient (Wildman–Crippen LogP) is 0.786. The molecular formula is C14H17N3O3. The number of ether oxygens (including phenoxy) is 1. The van der Waals surface area contributed by atoms with Gasteiger partial charge >= 0.3 is 5.69 Å². The van der Waals surface area contributed by atoms with Gasteiger partial charge in [0.05, 0.1) is 6.61 Å². The molecule has 2 N–H and O–H groups in total. The van der Waals surface area contributed by atoms with Gasteiger partial charge in [-0.2, -0.15) is 0 Å². The first-order valence-electron chi connectivity index (χ1n) is 6.35. The van der Waals surface area contributed by atoms with Crippen molar-refractivity contribution in [2.24, 2.45) is 0 Å². The number of nitrogens with two attached hydrogens (primary N) is 1. The van der Waals surface area contributed by atoms with Crippen LogP contribution in [0.3, 0.4) is 0 Å². The van der Waals surface area contributed by atoms with E-state index in [1.165, 1.54) is 10.8 Å². The van der Waals surface area contributed by atoms with Gasteiger partial charge in [0.15, 0.2) is 0 Å². The maximum atomic E-state index is 12.0. The van der Waals surface area contributed by atoms with Gasteiger partial charge in [-0.15, -0.1) is 0 Å². The molecule has 0 radical (unpaired) electrons. The van der Waals surface area contributed by atoms with Crippen LogP contribution in [0.2, 0.25) is 0 Å². The fraction of sp³-hybridized carbons (Fsp3) is 0.286. The Balaban J connectivity index is 2.16. The predicted molar refractivity (Wildman–Crippen MR) is 76.3 cm³/mol. The second-order valence-electron chi connectivity index (χ2n) is 4.35. The van der Waals surface area contributed by atoms with E-state index in [-0.39, 0.29) is 12.4 Å². The molecule has 0 atom stereocenters. The minimum absolute atomic E-state index is 0.0368. The van der Waals surface area contributed by atoms with Crippen LogP contribution in [0.4, 0.5) is 5.69 Å². The molecule has 1 aromatic heterocycles. The summed E-state index contributed by atoms with van der Waals surface area (Å²) in [5, 5.41) is 0. The summed E-state index contributed by atoms with van der Waals surface area (Å²) in [7, 11) is 0. The SMILES string of the molecule is CCn1cc(N)c(=O)n(COCc2ccccc2)c1=O. The third kappa shape index (κ3) is 2.97. The normalized spacial score (nSPS) is 10.7. The highest BCUT2D eigenvalue weighted by atomic mass is 16.5. The number of hydrogen-bond donors (Lipinski definition) is 1. The molecule has 0 unspecified atom stereocenters. The van der Waals surface area contributed by atoms with Gasteiger partial charge in [0, 0.05) is 12.7 Å². The van der Waals surface area contributed by atoms with Crippen LogP contribution in [0.5, 0.6) is 0 Å². The number of rotatable bonds is 5. The summed E-state index contributed by atoms with van der Waals surface area (Å²) in [5.41, 5.74) is 5.67. The molecular weight excluding hydrogens is 258 g/mol. The summed E-state index contributed by atoms with van der Waals surface area (Å²) in [5.74, 6) is 0. The Morgan fingerprint density at radius 3 is 2.55 bits per heavy atom. The molecule has 1 aromatic carbocycles. The van der Waals surface area contributed by atoms with Gasteiger partial charge in [0.25, 0.3) is 5.56 Å². The quantitative estimate of drug-likeness (QED) is 0.874. The molecule has 1 heterocycles. The van der Waals surface area contributed by atoms with Crippen molar-refractivity contribution < 1.29 is 4.74 Å². The zero-order chi connectivity index (χ0) is 14.5. The van der Waals surface area contributed by atoms with Crippen LogP contribution in [0, 0.1) is 0 Å². The number of hydrogen-bond acceptors (Lipinski definition) is 4. The van der Waals surface area contributed by atoms with Gasteiger partial charge in [-0.1, -0.05) is 30.3 Å². The zero-order valence-electron chi connectivity index (χ0n) is 11.3. The average molecular weight is 275 g/mol. The van der Waals surface area contributed by atoms with E-state index in [2.05, 4.69) is 0 Å². The molecule has 6 heteroatoms. The van der Waals surface area contributed by atoms with E-state index in [9.17, 15) is 9.59 Å². The summed E-state index contributed by atoms with van der Waals surface area (Å²) >= 11 is 0. The highest BCUT2D eigenvalue weighted by Gasteiger charge is 2.08. The van der Waals surface area contributed by atoms with Crippen molar-refractivity contribution in [3.63, 3.8) is 0 Å². The highest BCUT2D eigenvalue weighted by molar-refractivity contribution is 5.30. The standard InChI is InChI=1S/C14H17N3O3/c1-2-16-8-12(15)13(18)17(14(16)19)10-20-9-11-6-4-3-5-7-11/h3-8H,2,9-10,15H2,1H3. The van der Waals surface area contributed by atoms with Crippen molar-refractivity contribution in [3.8, 4) is 0 Å². The van der Waals surface area contributed by atoms with Gasteiger partial charge in [-0.25, -0.2) is 9.36 Å². The molecule has 0 bridgehead atoms. The molecule has 6 nitrogen and oxygen atoms in total. The number of nitrogen functional groups attached to an aromatic ring is 1. The van der Waals surface area contributed by atoms with Crippen LogP contribution in [0.1, 0.15) is 12.5 Å². The molecule has 0 fully saturated rings. The molecule has 0 saturated carbocycles. The smallest absolute Gasteiger partial charge is 0.333 e. The van der Waals surface area contributed by atoms with Crippen LogP contribution in [-0.2, 0) is 24.6 Å². The maximum absolute atomic E-state index is 12.0. The molecule has 106 valence electrons. The molecule has 0 aliphatic rings. The van der Waals surface area contributed by atoms with E-state index in [4.69, 9.17) is 10.5 Å². The molecule has 0 spiro atoms. The van der Waals surface area contributed by atoms with E-state index >= 15 is 0 Å². The Bertz CT molecular complexity index is 689. The molecule has 2 aromatic rings.